The Morgan fingerprint density at radius 1 is 1.06 bits per heavy atom. The number of rotatable bonds is 5. The second-order valence-electron chi connectivity index (χ2n) is 7.99. The topological polar surface area (TPSA) is 53.2 Å². The summed E-state index contributed by atoms with van der Waals surface area (Å²) in [4.78, 5) is 9.97. The number of ether oxygens (including phenoxy) is 1. The van der Waals surface area contributed by atoms with Crippen LogP contribution in [-0.4, -0.2) is 29.2 Å². The number of hydrogen-bond donors (Lipinski definition) is 2. The van der Waals surface area contributed by atoms with Crippen LogP contribution in [-0.2, 0) is 0 Å². The minimum absolute atomic E-state index is 0.239. The number of piperidine rings is 1. The number of benzene rings is 2. The molecule has 1 saturated heterocycles. The van der Waals surface area contributed by atoms with Gasteiger partial charge in [-0.2, -0.15) is 0 Å². The van der Waals surface area contributed by atoms with Crippen LogP contribution in [0.2, 0.25) is 0 Å². The molecule has 0 radical (unpaired) electrons. The van der Waals surface area contributed by atoms with Crippen molar-refractivity contribution in [2.45, 2.75) is 25.9 Å². The lowest BCUT2D eigenvalue weighted by atomic mass is 10.1. The van der Waals surface area contributed by atoms with E-state index in [-0.39, 0.29) is 11.9 Å². The molecule has 0 saturated carbocycles. The van der Waals surface area contributed by atoms with Crippen LogP contribution in [0.3, 0.4) is 0 Å². The highest BCUT2D eigenvalue weighted by Crippen LogP contribution is 2.28. The molecule has 158 valence electrons. The predicted molar refractivity (Wildman–Crippen MR) is 123 cm³/mol. The van der Waals surface area contributed by atoms with Gasteiger partial charge in [-0.25, -0.2) is 9.37 Å². The Morgan fingerprint density at radius 3 is 2.68 bits per heavy atom. The molecule has 1 aliphatic rings. The van der Waals surface area contributed by atoms with Crippen molar-refractivity contribution in [3.8, 4) is 5.75 Å². The largest absolute Gasteiger partial charge is 0.490 e. The Labute approximate surface area is 180 Å². The number of H-pyrrole nitrogens is 1. The molecule has 2 N–H and O–H groups in total. The average molecular weight is 417 g/mol. The van der Waals surface area contributed by atoms with Gasteiger partial charge in [0.1, 0.15) is 23.5 Å². The Bertz CT molecular complexity index is 1180. The van der Waals surface area contributed by atoms with Crippen LogP contribution in [0.4, 0.5) is 21.6 Å². The number of hydrogen-bond acceptors (Lipinski definition) is 4. The SMILES string of the molecule is Cc1cc(N2CCC(Oc3ccccc3)CC2)cc(Nc2ccc3c(F)c[nH]c3c2)n1. The van der Waals surface area contributed by atoms with Gasteiger partial charge in [0.25, 0.3) is 0 Å². The van der Waals surface area contributed by atoms with Crippen LogP contribution in [0.1, 0.15) is 18.5 Å². The summed E-state index contributed by atoms with van der Waals surface area (Å²) in [6.45, 7) is 3.88. The molecule has 5 rings (SSSR count). The van der Waals surface area contributed by atoms with Crippen molar-refractivity contribution < 1.29 is 9.13 Å². The third-order valence-corrected chi connectivity index (χ3v) is 5.69. The van der Waals surface area contributed by atoms with Gasteiger partial charge in [0.05, 0.1) is 5.52 Å². The van der Waals surface area contributed by atoms with E-state index in [0.717, 1.165) is 60.1 Å². The maximum Gasteiger partial charge on any atom is 0.148 e. The normalized spacial score (nSPS) is 14.7. The van der Waals surface area contributed by atoms with Crippen molar-refractivity contribution >= 4 is 28.1 Å². The molecule has 0 amide bonds. The van der Waals surface area contributed by atoms with Crippen LogP contribution >= 0.6 is 0 Å². The number of anilines is 3. The molecule has 3 heterocycles. The van der Waals surface area contributed by atoms with E-state index >= 15 is 0 Å². The number of fused-ring (bicyclic) bond motifs is 1. The molecule has 2 aromatic carbocycles. The van der Waals surface area contributed by atoms with Crippen molar-refractivity contribution in [2.75, 3.05) is 23.3 Å². The lowest BCUT2D eigenvalue weighted by molar-refractivity contribution is 0.171. The molecule has 0 atom stereocenters. The van der Waals surface area contributed by atoms with Crippen molar-refractivity contribution in [2.24, 2.45) is 0 Å². The number of nitrogens with zero attached hydrogens (tertiary/aromatic N) is 2. The van der Waals surface area contributed by atoms with E-state index in [2.05, 4.69) is 32.3 Å². The van der Waals surface area contributed by atoms with E-state index < -0.39 is 0 Å². The van der Waals surface area contributed by atoms with Crippen LogP contribution in [0, 0.1) is 12.7 Å². The number of nitrogens with one attached hydrogen (secondary N) is 2. The fourth-order valence-electron chi connectivity index (χ4n) is 4.14. The highest BCUT2D eigenvalue weighted by atomic mass is 19.1. The van der Waals surface area contributed by atoms with Crippen molar-refractivity contribution in [1.82, 2.24) is 9.97 Å². The molecule has 5 nitrogen and oxygen atoms in total. The zero-order chi connectivity index (χ0) is 21.2. The number of pyridine rings is 1. The van der Waals surface area contributed by atoms with Gasteiger partial charge < -0.3 is 19.9 Å². The fraction of sp³-hybridized carbons (Fsp3) is 0.240. The minimum Gasteiger partial charge on any atom is -0.490 e. The Kier molecular flexibility index (Phi) is 5.20. The van der Waals surface area contributed by atoms with Crippen LogP contribution in [0.25, 0.3) is 10.9 Å². The maximum atomic E-state index is 13.7. The summed E-state index contributed by atoms with van der Waals surface area (Å²) in [5, 5.41) is 3.95. The quantitative estimate of drug-likeness (QED) is 0.432. The standard InChI is InChI=1S/C25H25FN4O/c1-17-13-19(30-11-9-21(10-12-30)31-20-5-3-2-4-6-20)15-25(28-17)29-18-7-8-22-23(26)16-27-24(22)14-18/h2-8,13-16,21,27H,9-12H2,1H3,(H,28,29). The summed E-state index contributed by atoms with van der Waals surface area (Å²) < 4.78 is 19.8. The first-order chi connectivity index (χ1) is 15.1. The van der Waals surface area contributed by atoms with Gasteiger partial charge in [0.15, 0.2) is 0 Å². The van der Waals surface area contributed by atoms with Crippen LogP contribution in [0.5, 0.6) is 5.75 Å². The lowest BCUT2D eigenvalue weighted by Crippen LogP contribution is -2.38. The summed E-state index contributed by atoms with van der Waals surface area (Å²) in [5.41, 5.74) is 3.74. The van der Waals surface area contributed by atoms with Crippen molar-refractivity contribution in [3.05, 3.63) is 78.4 Å². The highest BCUT2D eigenvalue weighted by Gasteiger charge is 2.21. The summed E-state index contributed by atoms with van der Waals surface area (Å²) in [6, 6.07) is 19.8. The Morgan fingerprint density at radius 2 is 1.87 bits per heavy atom. The van der Waals surface area contributed by atoms with Gasteiger partial charge in [0, 0.05) is 60.6 Å². The Hall–Kier alpha value is -3.54. The third-order valence-electron chi connectivity index (χ3n) is 5.69. The first kappa shape index (κ1) is 19.4. The van der Waals surface area contributed by atoms with E-state index in [1.807, 2.05) is 49.4 Å². The first-order valence-corrected chi connectivity index (χ1v) is 10.6. The lowest BCUT2D eigenvalue weighted by Gasteiger charge is -2.34. The molecule has 0 unspecified atom stereocenters. The highest BCUT2D eigenvalue weighted by molar-refractivity contribution is 5.84. The smallest absolute Gasteiger partial charge is 0.148 e. The molecule has 31 heavy (non-hydrogen) atoms. The number of para-hydroxylation sites is 1. The number of aromatic nitrogens is 2. The van der Waals surface area contributed by atoms with E-state index in [9.17, 15) is 4.39 Å². The summed E-state index contributed by atoms with van der Waals surface area (Å²) in [5.74, 6) is 1.48. The minimum atomic E-state index is -0.239. The molecule has 4 aromatic rings. The van der Waals surface area contributed by atoms with E-state index in [0.29, 0.717) is 5.39 Å². The molecule has 1 aliphatic heterocycles. The Balaban J connectivity index is 1.27. The van der Waals surface area contributed by atoms with Gasteiger partial charge in [-0.3, -0.25) is 0 Å². The van der Waals surface area contributed by atoms with Crippen LogP contribution < -0.4 is 15.0 Å². The zero-order valence-electron chi connectivity index (χ0n) is 17.4. The second-order valence-corrected chi connectivity index (χ2v) is 7.99. The van der Waals surface area contributed by atoms with Gasteiger partial charge in [0.2, 0.25) is 0 Å². The monoisotopic (exact) mass is 416 g/mol. The predicted octanol–water partition coefficient (Wildman–Crippen LogP) is 5.80. The summed E-state index contributed by atoms with van der Waals surface area (Å²) in [6.07, 6.45) is 3.58. The van der Waals surface area contributed by atoms with Gasteiger partial charge >= 0.3 is 0 Å². The third kappa shape index (κ3) is 4.33. The number of aromatic amines is 1. The van der Waals surface area contributed by atoms with Gasteiger partial charge in [-0.1, -0.05) is 18.2 Å². The molecule has 6 heteroatoms. The molecular weight excluding hydrogens is 391 g/mol. The maximum absolute atomic E-state index is 13.7. The molecule has 0 bridgehead atoms. The second kappa shape index (κ2) is 8.30. The number of halogens is 1. The van der Waals surface area contributed by atoms with Gasteiger partial charge in [-0.15, -0.1) is 0 Å². The van der Waals surface area contributed by atoms with E-state index in [1.165, 1.54) is 6.20 Å². The fourth-order valence-corrected chi connectivity index (χ4v) is 4.14. The molecule has 0 aliphatic carbocycles. The molecule has 0 spiro atoms. The molecule has 2 aromatic heterocycles. The summed E-state index contributed by atoms with van der Waals surface area (Å²) in [7, 11) is 0. The summed E-state index contributed by atoms with van der Waals surface area (Å²) >= 11 is 0. The first-order valence-electron chi connectivity index (χ1n) is 10.6. The van der Waals surface area contributed by atoms with Crippen LogP contribution in [0.15, 0.2) is 66.9 Å². The van der Waals surface area contributed by atoms with Gasteiger partial charge in [-0.05, 0) is 43.3 Å². The van der Waals surface area contributed by atoms with E-state index in [1.54, 1.807) is 6.07 Å². The average Bonchev–Trinajstić information content (AvgIpc) is 3.15. The molecular formula is C25H25FN4O. The van der Waals surface area contributed by atoms with Crippen molar-refractivity contribution in [1.29, 1.82) is 0 Å². The molecule has 1 fully saturated rings. The van der Waals surface area contributed by atoms with Crippen molar-refractivity contribution in [3.63, 3.8) is 0 Å². The number of aryl methyl sites for hydroxylation is 1. The zero-order valence-corrected chi connectivity index (χ0v) is 17.4. The van der Waals surface area contributed by atoms with E-state index in [4.69, 9.17) is 4.74 Å².